The molecule has 2 rings (SSSR count). The zero-order valence-corrected chi connectivity index (χ0v) is 8.76. The van der Waals surface area contributed by atoms with Crippen LogP contribution in [0.15, 0.2) is 0 Å². The maximum Gasteiger partial charge on any atom is 0.311 e. The van der Waals surface area contributed by atoms with E-state index in [1.807, 2.05) is 0 Å². The van der Waals surface area contributed by atoms with E-state index in [9.17, 15) is 9.59 Å². The van der Waals surface area contributed by atoms with Crippen LogP contribution in [0.25, 0.3) is 0 Å². The van der Waals surface area contributed by atoms with Crippen LogP contribution in [0.4, 0.5) is 0 Å². The Bertz CT molecular complexity index is 285. The van der Waals surface area contributed by atoms with Gasteiger partial charge in [-0.05, 0) is 39.0 Å². The summed E-state index contributed by atoms with van der Waals surface area (Å²) in [7, 11) is 1.43. The SMILES string of the molecule is COC(=O)C12CCC(C(C)=O)(CC1)C2. The van der Waals surface area contributed by atoms with E-state index in [-0.39, 0.29) is 22.6 Å². The number of Topliss-reactive ketones (excluding diaryl/α,β-unsaturated/α-hetero) is 1. The van der Waals surface area contributed by atoms with Crippen molar-refractivity contribution in [1.82, 2.24) is 0 Å². The second kappa shape index (κ2) is 2.81. The van der Waals surface area contributed by atoms with Gasteiger partial charge in [-0.25, -0.2) is 0 Å². The molecule has 3 nitrogen and oxygen atoms in total. The molecule has 2 bridgehead atoms. The van der Waals surface area contributed by atoms with Crippen molar-refractivity contribution in [2.24, 2.45) is 10.8 Å². The summed E-state index contributed by atoms with van der Waals surface area (Å²) in [4.78, 5) is 23.2. The summed E-state index contributed by atoms with van der Waals surface area (Å²) < 4.78 is 4.83. The standard InChI is InChI=1S/C11H16O3/c1-8(12)10-3-5-11(7-10,6-4-10)9(13)14-2/h3-7H2,1-2H3. The number of carbonyl (C=O) groups excluding carboxylic acids is 2. The summed E-state index contributed by atoms with van der Waals surface area (Å²) in [5.74, 6) is 0.138. The van der Waals surface area contributed by atoms with E-state index in [0.29, 0.717) is 0 Å². The number of rotatable bonds is 2. The van der Waals surface area contributed by atoms with E-state index >= 15 is 0 Å². The molecular formula is C11H16O3. The Morgan fingerprint density at radius 3 is 1.93 bits per heavy atom. The molecule has 14 heavy (non-hydrogen) atoms. The van der Waals surface area contributed by atoms with Gasteiger partial charge in [0.05, 0.1) is 12.5 Å². The average molecular weight is 196 g/mol. The fraction of sp³-hybridized carbons (Fsp3) is 0.818. The lowest BCUT2D eigenvalue weighted by atomic mass is 9.80. The van der Waals surface area contributed by atoms with Crippen molar-refractivity contribution in [3.05, 3.63) is 0 Å². The highest BCUT2D eigenvalue weighted by Crippen LogP contribution is 2.62. The highest BCUT2D eigenvalue weighted by atomic mass is 16.5. The number of carbonyl (C=O) groups is 2. The van der Waals surface area contributed by atoms with Crippen molar-refractivity contribution < 1.29 is 14.3 Å². The van der Waals surface area contributed by atoms with Crippen molar-refractivity contribution in [3.8, 4) is 0 Å². The Morgan fingerprint density at radius 2 is 1.57 bits per heavy atom. The Morgan fingerprint density at radius 1 is 1.07 bits per heavy atom. The monoisotopic (exact) mass is 196 g/mol. The summed E-state index contributed by atoms with van der Waals surface area (Å²) in [6, 6.07) is 0. The molecule has 2 saturated carbocycles. The fourth-order valence-electron chi connectivity index (χ4n) is 3.18. The first-order valence-corrected chi connectivity index (χ1v) is 5.14. The van der Waals surface area contributed by atoms with E-state index in [2.05, 4.69) is 0 Å². The van der Waals surface area contributed by atoms with E-state index in [0.717, 1.165) is 32.1 Å². The fourth-order valence-corrected chi connectivity index (χ4v) is 3.18. The molecule has 0 heterocycles. The van der Waals surface area contributed by atoms with Crippen LogP contribution < -0.4 is 0 Å². The molecule has 0 aromatic rings. The van der Waals surface area contributed by atoms with Gasteiger partial charge in [0.15, 0.2) is 0 Å². The molecule has 0 spiro atoms. The lowest BCUT2D eigenvalue weighted by molar-refractivity contribution is -0.152. The molecule has 0 aliphatic heterocycles. The van der Waals surface area contributed by atoms with Crippen LogP contribution >= 0.6 is 0 Å². The molecule has 2 fully saturated rings. The number of fused-ring (bicyclic) bond motifs is 2. The van der Waals surface area contributed by atoms with E-state index in [1.165, 1.54) is 7.11 Å². The van der Waals surface area contributed by atoms with Gasteiger partial charge in [-0.3, -0.25) is 9.59 Å². The van der Waals surface area contributed by atoms with E-state index in [1.54, 1.807) is 6.92 Å². The predicted octanol–water partition coefficient (Wildman–Crippen LogP) is 1.70. The third kappa shape index (κ3) is 1.04. The average Bonchev–Trinajstić information content (AvgIpc) is 2.74. The van der Waals surface area contributed by atoms with Crippen LogP contribution in [0.5, 0.6) is 0 Å². The number of methoxy groups -OCH3 is 1. The summed E-state index contributed by atoms with van der Waals surface area (Å²) in [6.45, 7) is 1.65. The van der Waals surface area contributed by atoms with Crippen LogP contribution in [0.2, 0.25) is 0 Å². The minimum absolute atomic E-state index is 0.113. The Kier molecular flexibility index (Phi) is 1.95. The Balaban J connectivity index is 2.24. The minimum atomic E-state index is -0.319. The smallest absolute Gasteiger partial charge is 0.311 e. The number of ether oxygens (including phenoxy) is 1. The first-order valence-electron chi connectivity index (χ1n) is 5.14. The highest BCUT2D eigenvalue weighted by Gasteiger charge is 2.60. The Hall–Kier alpha value is -0.860. The molecule has 0 amide bonds. The third-order valence-electron chi connectivity index (χ3n) is 4.21. The van der Waals surface area contributed by atoms with Gasteiger partial charge in [0.2, 0.25) is 0 Å². The maximum atomic E-state index is 11.6. The van der Waals surface area contributed by atoms with Crippen LogP contribution in [-0.4, -0.2) is 18.9 Å². The van der Waals surface area contributed by atoms with Crippen molar-refractivity contribution in [2.45, 2.75) is 39.0 Å². The third-order valence-corrected chi connectivity index (χ3v) is 4.21. The summed E-state index contributed by atoms with van der Waals surface area (Å²) >= 11 is 0. The number of hydrogen-bond acceptors (Lipinski definition) is 3. The zero-order chi connectivity index (χ0) is 10.4. The van der Waals surface area contributed by atoms with Crippen LogP contribution in [0.1, 0.15) is 39.0 Å². The van der Waals surface area contributed by atoms with Gasteiger partial charge >= 0.3 is 5.97 Å². The number of hydrogen-bond donors (Lipinski definition) is 0. The zero-order valence-electron chi connectivity index (χ0n) is 8.76. The topological polar surface area (TPSA) is 43.4 Å². The number of ketones is 1. The normalized spacial score (nSPS) is 39.9. The largest absolute Gasteiger partial charge is 0.469 e. The van der Waals surface area contributed by atoms with E-state index in [4.69, 9.17) is 4.74 Å². The molecule has 2 aliphatic rings. The summed E-state index contributed by atoms with van der Waals surface area (Å²) in [5, 5.41) is 0. The second-order valence-corrected chi connectivity index (χ2v) is 4.79. The van der Waals surface area contributed by atoms with Gasteiger partial charge in [-0.2, -0.15) is 0 Å². The molecule has 0 aromatic carbocycles. The summed E-state index contributed by atoms with van der Waals surface area (Å²) in [5.41, 5.74) is -0.505. The van der Waals surface area contributed by atoms with Crippen molar-refractivity contribution in [1.29, 1.82) is 0 Å². The first kappa shape index (κ1) is 9.69. The molecule has 2 aliphatic carbocycles. The van der Waals surface area contributed by atoms with Gasteiger partial charge in [-0.1, -0.05) is 0 Å². The Labute approximate surface area is 83.8 Å². The maximum absolute atomic E-state index is 11.6. The predicted molar refractivity (Wildman–Crippen MR) is 50.6 cm³/mol. The molecule has 0 saturated heterocycles. The second-order valence-electron chi connectivity index (χ2n) is 4.79. The van der Waals surface area contributed by atoms with E-state index < -0.39 is 0 Å². The quantitative estimate of drug-likeness (QED) is 0.631. The van der Waals surface area contributed by atoms with Gasteiger partial charge in [0.25, 0.3) is 0 Å². The molecule has 0 radical (unpaired) electrons. The molecule has 0 aromatic heterocycles. The molecule has 0 N–H and O–H groups in total. The highest BCUT2D eigenvalue weighted by molar-refractivity contribution is 5.87. The molecular weight excluding hydrogens is 180 g/mol. The van der Waals surface area contributed by atoms with Gasteiger partial charge < -0.3 is 4.74 Å². The van der Waals surface area contributed by atoms with Crippen molar-refractivity contribution in [3.63, 3.8) is 0 Å². The molecule has 0 unspecified atom stereocenters. The van der Waals surface area contributed by atoms with Crippen molar-refractivity contribution in [2.75, 3.05) is 7.11 Å². The first-order chi connectivity index (χ1) is 6.55. The summed E-state index contributed by atoms with van der Waals surface area (Å²) in [6.07, 6.45) is 4.13. The van der Waals surface area contributed by atoms with Crippen LogP contribution in [0, 0.1) is 10.8 Å². The minimum Gasteiger partial charge on any atom is -0.469 e. The molecule has 78 valence electrons. The lowest BCUT2D eigenvalue weighted by Gasteiger charge is -2.24. The molecule has 0 atom stereocenters. The van der Waals surface area contributed by atoms with Crippen molar-refractivity contribution >= 4 is 11.8 Å². The van der Waals surface area contributed by atoms with Gasteiger partial charge in [0, 0.05) is 5.41 Å². The van der Waals surface area contributed by atoms with Crippen LogP contribution in [-0.2, 0) is 14.3 Å². The number of esters is 1. The van der Waals surface area contributed by atoms with Gasteiger partial charge in [0.1, 0.15) is 5.78 Å². The van der Waals surface area contributed by atoms with Gasteiger partial charge in [-0.15, -0.1) is 0 Å². The molecule has 3 heteroatoms. The van der Waals surface area contributed by atoms with Crippen LogP contribution in [0.3, 0.4) is 0 Å². The lowest BCUT2D eigenvalue weighted by Crippen LogP contribution is -2.27.